The fraction of sp³-hybridized carbons (Fsp3) is 1.00. The Morgan fingerprint density at radius 3 is 1.26 bits per heavy atom. The van der Waals surface area contributed by atoms with E-state index in [1.54, 1.807) is 0 Å². The van der Waals surface area contributed by atoms with E-state index in [1.807, 2.05) is 0 Å². The Kier molecular flexibility index (Phi) is 21.8. The van der Waals surface area contributed by atoms with E-state index >= 15 is 0 Å². The van der Waals surface area contributed by atoms with Crippen molar-refractivity contribution in [1.82, 2.24) is 5.48 Å². The molecular weight excluding hydrogens is 282 g/mol. The predicted molar refractivity (Wildman–Crippen MR) is 104 cm³/mol. The molecule has 0 aromatic heterocycles. The van der Waals surface area contributed by atoms with Crippen molar-refractivity contribution in [1.29, 1.82) is 0 Å². The molecule has 0 aromatic rings. The molecule has 0 saturated carbocycles. The van der Waals surface area contributed by atoms with E-state index in [0.717, 1.165) is 19.6 Å². The molecule has 1 N–H and O–H groups in total. The summed E-state index contributed by atoms with van der Waals surface area (Å²) < 4.78 is 0. The van der Waals surface area contributed by atoms with Crippen LogP contribution in [0.2, 0.25) is 0 Å². The summed E-state index contributed by atoms with van der Waals surface area (Å²) in [6, 6.07) is 0. The zero-order valence-electron chi connectivity index (χ0n) is 16.3. The van der Waals surface area contributed by atoms with Crippen molar-refractivity contribution in [2.24, 2.45) is 0 Å². The van der Waals surface area contributed by atoms with Crippen LogP contribution in [-0.2, 0) is 4.84 Å². The molecule has 0 atom stereocenters. The first kappa shape index (κ1) is 22.9. The number of nitrogens with one attached hydrogen (secondary N) is 1. The molecule has 0 fully saturated rings. The quantitative estimate of drug-likeness (QED) is 0.189. The first-order valence-corrected chi connectivity index (χ1v) is 10.8. The number of unbranched alkanes of at least 4 members (excludes halogenated alkanes) is 15. The highest BCUT2D eigenvalue weighted by molar-refractivity contribution is 4.49. The van der Waals surface area contributed by atoms with Crippen molar-refractivity contribution in [3.05, 3.63) is 0 Å². The SMILES string of the molecule is CCCCCCCCCCCCCCCCCCONCCC. The lowest BCUT2D eigenvalue weighted by atomic mass is 10.0. The maximum atomic E-state index is 5.34. The van der Waals surface area contributed by atoms with E-state index in [-0.39, 0.29) is 0 Å². The minimum absolute atomic E-state index is 0.873. The molecule has 23 heavy (non-hydrogen) atoms. The lowest BCUT2D eigenvalue weighted by molar-refractivity contribution is 0.0387. The standard InChI is InChI=1S/C21H45NO/c1-3-5-6-7-8-9-10-11-12-13-14-15-16-17-18-19-21-23-22-20-4-2/h22H,3-21H2,1-2H3. The van der Waals surface area contributed by atoms with Gasteiger partial charge in [0.25, 0.3) is 0 Å². The maximum Gasteiger partial charge on any atom is 0.0682 e. The number of hydroxylamine groups is 1. The Hall–Kier alpha value is -0.0800. The maximum absolute atomic E-state index is 5.34. The van der Waals surface area contributed by atoms with Crippen molar-refractivity contribution in [2.75, 3.05) is 13.2 Å². The Labute approximate surface area is 147 Å². The summed E-state index contributed by atoms with van der Waals surface area (Å²) in [5, 5.41) is 0. The molecule has 0 saturated heterocycles. The van der Waals surface area contributed by atoms with Crippen LogP contribution in [0.25, 0.3) is 0 Å². The minimum atomic E-state index is 0.873. The van der Waals surface area contributed by atoms with Crippen molar-refractivity contribution in [3.63, 3.8) is 0 Å². The zero-order chi connectivity index (χ0) is 16.8. The molecule has 0 rings (SSSR count). The molecule has 140 valence electrons. The highest BCUT2D eigenvalue weighted by atomic mass is 16.6. The Morgan fingerprint density at radius 2 is 0.870 bits per heavy atom. The molecular formula is C21H45NO. The third-order valence-electron chi connectivity index (χ3n) is 4.55. The Bertz CT molecular complexity index is 176. The molecule has 0 unspecified atom stereocenters. The lowest BCUT2D eigenvalue weighted by Gasteiger charge is -2.05. The van der Waals surface area contributed by atoms with Crippen LogP contribution in [0.15, 0.2) is 0 Å². The summed E-state index contributed by atoms with van der Waals surface area (Å²) in [5.41, 5.74) is 2.99. The molecule has 0 radical (unpaired) electrons. The minimum Gasteiger partial charge on any atom is -0.302 e. The largest absolute Gasteiger partial charge is 0.302 e. The van der Waals surface area contributed by atoms with E-state index < -0.39 is 0 Å². The van der Waals surface area contributed by atoms with Gasteiger partial charge in [0.2, 0.25) is 0 Å². The fourth-order valence-corrected chi connectivity index (χ4v) is 2.97. The van der Waals surface area contributed by atoms with E-state index in [0.29, 0.717) is 0 Å². The normalized spacial score (nSPS) is 11.2. The van der Waals surface area contributed by atoms with Crippen molar-refractivity contribution in [3.8, 4) is 0 Å². The average molecular weight is 328 g/mol. The molecule has 2 nitrogen and oxygen atoms in total. The fourth-order valence-electron chi connectivity index (χ4n) is 2.97. The predicted octanol–water partition coefficient (Wildman–Crippen LogP) is 7.18. The molecule has 0 spiro atoms. The van der Waals surface area contributed by atoms with Gasteiger partial charge in [0.05, 0.1) is 6.61 Å². The summed E-state index contributed by atoms with van der Waals surface area (Å²) in [7, 11) is 0. The van der Waals surface area contributed by atoms with Crippen LogP contribution in [0.3, 0.4) is 0 Å². The topological polar surface area (TPSA) is 21.3 Å². The van der Waals surface area contributed by atoms with Gasteiger partial charge in [-0.25, -0.2) is 5.48 Å². The van der Waals surface area contributed by atoms with Gasteiger partial charge < -0.3 is 4.84 Å². The summed E-state index contributed by atoms with van der Waals surface area (Å²) in [4.78, 5) is 5.34. The van der Waals surface area contributed by atoms with Gasteiger partial charge in [-0.2, -0.15) is 0 Å². The van der Waals surface area contributed by atoms with Gasteiger partial charge in [0.15, 0.2) is 0 Å². The van der Waals surface area contributed by atoms with Crippen molar-refractivity contribution in [2.45, 2.75) is 123 Å². The average Bonchev–Trinajstić information content (AvgIpc) is 2.57. The Balaban J connectivity index is 2.92. The molecule has 0 aliphatic heterocycles. The van der Waals surface area contributed by atoms with E-state index in [1.165, 1.54) is 103 Å². The van der Waals surface area contributed by atoms with Gasteiger partial charge in [0.1, 0.15) is 0 Å². The van der Waals surface area contributed by atoms with Crippen molar-refractivity contribution >= 4 is 0 Å². The van der Waals surface area contributed by atoms with Gasteiger partial charge in [-0.1, -0.05) is 110 Å². The van der Waals surface area contributed by atoms with Gasteiger partial charge >= 0.3 is 0 Å². The van der Waals surface area contributed by atoms with Crippen LogP contribution in [-0.4, -0.2) is 13.2 Å². The lowest BCUT2D eigenvalue weighted by Crippen LogP contribution is -2.15. The molecule has 0 bridgehead atoms. The van der Waals surface area contributed by atoms with Crippen LogP contribution >= 0.6 is 0 Å². The number of rotatable bonds is 20. The number of hydrogen-bond acceptors (Lipinski definition) is 2. The first-order chi connectivity index (χ1) is 11.4. The second-order valence-electron chi connectivity index (χ2n) is 7.05. The van der Waals surface area contributed by atoms with Crippen LogP contribution in [0.1, 0.15) is 123 Å². The molecule has 0 aliphatic carbocycles. The summed E-state index contributed by atoms with van der Waals surface area (Å²) in [5.74, 6) is 0. The van der Waals surface area contributed by atoms with Gasteiger partial charge in [0, 0.05) is 6.54 Å². The van der Waals surface area contributed by atoms with Gasteiger partial charge in [-0.05, 0) is 12.8 Å². The van der Waals surface area contributed by atoms with Gasteiger partial charge in [-0.3, -0.25) is 0 Å². The van der Waals surface area contributed by atoms with Crippen molar-refractivity contribution < 1.29 is 4.84 Å². The van der Waals surface area contributed by atoms with Gasteiger partial charge in [-0.15, -0.1) is 0 Å². The third-order valence-corrected chi connectivity index (χ3v) is 4.55. The monoisotopic (exact) mass is 327 g/mol. The zero-order valence-corrected chi connectivity index (χ0v) is 16.3. The number of hydrogen-bond donors (Lipinski definition) is 1. The van der Waals surface area contributed by atoms with E-state index in [9.17, 15) is 0 Å². The first-order valence-electron chi connectivity index (χ1n) is 10.8. The molecule has 2 heteroatoms. The summed E-state index contributed by atoms with van der Waals surface area (Å²) >= 11 is 0. The summed E-state index contributed by atoms with van der Waals surface area (Å²) in [6.07, 6.45) is 23.9. The second-order valence-corrected chi connectivity index (χ2v) is 7.05. The molecule has 0 aliphatic rings. The van der Waals surface area contributed by atoms with Crippen LogP contribution in [0.4, 0.5) is 0 Å². The summed E-state index contributed by atoms with van der Waals surface area (Å²) in [6.45, 7) is 6.29. The van der Waals surface area contributed by atoms with Crippen LogP contribution in [0, 0.1) is 0 Å². The smallest absolute Gasteiger partial charge is 0.0682 e. The van der Waals surface area contributed by atoms with E-state index in [4.69, 9.17) is 4.84 Å². The third kappa shape index (κ3) is 21.9. The highest BCUT2D eigenvalue weighted by Gasteiger charge is 1.94. The second kappa shape index (κ2) is 21.9. The van der Waals surface area contributed by atoms with Crippen LogP contribution < -0.4 is 5.48 Å². The Morgan fingerprint density at radius 1 is 0.478 bits per heavy atom. The molecule has 0 heterocycles. The molecule has 0 aromatic carbocycles. The van der Waals surface area contributed by atoms with Crippen LogP contribution in [0.5, 0.6) is 0 Å². The van der Waals surface area contributed by atoms with E-state index in [2.05, 4.69) is 19.3 Å². The highest BCUT2D eigenvalue weighted by Crippen LogP contribution is 2.13. The molecule has 0 amide bonds.